The highest BCUT2D eigenvalue weighted by Gasteiger charge is 2.31. The molecule has 25 heavy (non-hydrogen) atoms. The summed E-state index contributed by atoms with van der Waals surface area (Å²) >= 11 is 1.66. The molecular weight excluding hydrogens is 334 g/mol. The van der Waals surface area contributed by atoms with Gasteiger partial charge in [0.1, 0.15) is 17.2 Å². The summed E-state index contributed by atoms with van der Waals surface area (Å²) < 4.78 is 11.3. The summed E-state index contributed by atoms with van der Waals surface area (Å²) in [5.74, 6) is 3.08. The van der Waals surface area contributed by atoms with Gasteiger partial charge in [-0.05, 0) is 48.9 Å². The molecule has 2 aromatic heterocycles. The Bertz CT molecular complexity index is 875. The number of aromatic nitrogens is 2. The molecule has 0 amide bonds. The molecule has 0 saturated heterocycles. The highest BCUT2D eigenvalue weighted by molar-refractivity contribution is 7.99. The average molecular weight is 351 g/mol. The van der Waals surface area contributed by atoms with Crippen LogP contribution in [0.15, 0.2) is 58.6 Å². The summed E-state index contributed by atoms with van der Waals surface area (Å²) in [6.45, 7) is 2.01. The van der Waals surface area contributed by atoms with Crippen molar-refractivity contribution >= 4 is 29.1 Å². The third kappa shape index (κ3) is 2.59. The van der Waals surface area contributed by atoms with E-state index in [1.54, 1.807) is 38.4 Å². The lowest BCUT2D eigenvalue weighted by molar-refractivity contribution is 0.395. The predicted octanol–water partition coefficient (Wildman–Crippen LogP) is 4.74. The third-order valence-corrected chi connectivity index (χ3v) is 5.07. The van der Waals surface area contributed by atoms with E-state index < -0.39 is 0 Å². The van der Waals surface area contributed by atoms with Gasteiger partial charge in [0.2, 0.25) is 0 Å². The van der Waals surface area contributed by atoms with Crippen molar-refractivity contribution in [2.24, 2.45) is 0 Å². The Kier molecular flexibility index (Phi) is 3.97. The Balaban J connectivity index is 2.04. The highest BCUT2D eigenvalue weighted by atomic mass is 32.2. The molecule has 0 fully saturated rings. The van der Waals surface area contributed by atoms with Crippen molar-refractivity contribution in [2.75, 3.05) is 19.1 Å². The molecule has 3 aromatic rings. The molecule has 1 aromatic carbocycles. The second kappa shape index (κ2) is 6.29. The highest BCUT2D eigenvalue weighted by Crippen LogP contribution is 2.53. The van der Waals surface area contributed by atoms with Crippen LogP contribution in [-0.2, 0) is 0 Å². The lowest BCUT2D eigenvalue weighted by atomic mass is 10.1. The van der Waals surface area contributed by atoms with Crippen LogP contribution in [0.2, 0.25) is 0 Å². The number of fused-ring (bicyclic) bond motifs is 2. The van der Waals surface area contributed by atoms with Gasteiger partial charge in [-0.25, -0.2) is 9.97 Å². The topological polar surface area (TPSA) is 47.5 Å². The van der Waals surface area contributed by atoms with E-state index in [9.17, 15) is 0 Å². The zero-order chi connectivity index (χ0) is 17.4. The van der Waals surface area contributed by atoms with Crippen molar-refractivity contribution < 1.29 is 9.47 Å². The molecule has 0 N–H and O–H groups in total. The van der Waals surface area contributed by atoms with E-state index in [2.05, 4.69) is 22.1 Å². The zero-order valence-corrected chi connectivity index (χ0v) is 15.0. The van der Waals surface area contributed by atoms with Gasteiger partial charge in [-0.1, -0.05) is 11.8 Å². The van der Waals surface area contributed by atoms with Crippen molar-refractivity contribution in [3.8, 4) is 11.5 Å². The van der Waals surface area contributed by atoms with Crippen LogP contribution in [0.4, 0.5) is 17.3 Å². The summed E-state index contributed by atoms with van der Waals surface area (Å²) in [4.78, 5) is 13.3. The molecule has 0 saturated carbocycles. The van der Waals surface area contributed by atoms with E-state index in [-0.39, 0.29) is 0 Å². The quantitative estimate of drug-likeness (QED) is 0.531. The molecule has 3 heterocycles. The first-order chi connectivity index (χ1) is 12.2. The minimum atomic E-state index is 0.719. The monoisotopic (exact) mass is 351 g/mol. The molecule has 0 atom stereocenters. The Morgan fingerprint density at radius 1 is 0.880 bits per heavy atom. The standard InChI is InChI=1S/C19H17N3O2S/c1-12-10-13(23-2)17(14(11-12)24-3)22-18-15(6-4-8-20-18)25-16-7-5-9-21-19(16)22/h4-11H,1-3H3. The molecule has 0 bridgehead atoms. The number of anilines is 3. The van der Waals surface area contributed by atoms with Gasteiger partial charge in [0.05, 0.1) is 24.0 Å². The Hall–Kier alpha value is -2.73. The number of aryl methyl sites for hydroxylation is 1. The second-order valence-corrected chi connectivity index (χ2v) is 6.69. The molecule has 5 nitrogen and oxygen atoms in total. The maximum atomic E-state index is 5.67. The first-order valence-corrected chi connectivity index (χ1v) is 8.65. The first-order valence-electron chi connectivity index (χ1n) is 7.83. The molecule has 0 spiro atoms. The van der Waals surface area contributed by atoms with Crippen LogP contribution in [0, 0.1) is 6.92 Å². The van der Waals surface area contributed by atoms with Crippen LogP contribution in [-0.4, -0.2) is 24.2 Å². The normalized spacial score (nSPS) is 12.4. The minimum Gasteiger partial charge on any atom is -0.494 e. The molecule has 0 radical (unpaired) electrons. The summed E-state index contributed by atoms with van der Waals surface area (Å²) in [6.07, 6.45) is 3.57. The van der Waals surface area contributed by atoms with Crippen LogP contribution in [0.5, 0.6) is 11.5 Å². The van der Waals surface area contributed by atoms with Crippen LogP contribution in [0.1, 0.15) is 5.56 Å². The Morgan fingerprint density at radius 2 is 1.40 bits per heavy atom. The number of rotatable bonds is 3. The van der Waals surface area contributed by atoms with Crippen molar-refractivity contribution in [3.05, 3.63) is 54.4 Å². The lowest BCUT2D eigenvalue weighted by Gasteiger charge is -2.32. The van der Waals surface area contributed by atoms with Gasteiger partial charge < -0.3 is 9.47 Å². The van der Waals surface area contributed by atoms with Crippen molar-refractivity contribution in [3.63, 3.8) is 0 Å². The maximum absolute atomic E-state index is 5.67. The smallest absolute Gasteiger partial charge is 0.153 e. The summed E-state index contributed by atoms with van der Waals surface area (Å²) in [6, 6.07) is 12.0. The second-order valence-electron chi connectivity index (χ2n) is 5.61. The molecule has 1 aliphatic rings. The molecule has 0 aliphatic carbocycles. The average Bonchev–Trinajstić information content (AvgIpc) is 2.65. The summed E-state index contributed by atoms with van der Waals surface area (Å²) in [5.41, 5.74) is 1.86. The van der Waals surface area contributed by atoms with Gasteiger partial charge >= 0.3 is 0 Å². The van der Waals surface area contributed by atoms with Gasteiger partial charge in [-0.2, -0.15) is 0 Å². The summed E-state index contributed by atoms with van der Waals surface area (Å²) in [7, 11) is 3.32. The molecule has 0 unspecified atom stereocenters. The largest absolute Gasteiger partial charge is 0.494 e. The van der Waals surface area contributed by atoms with Crippen molar-refractivity contribution in [1.82, 2.24) is 9.97 Å². The Morgan fingerprint density at radius 3 is 1.88 bits per heavy atom. The number of ether oxygens (including phenoxy) is 2. The predicted molar refractivity (Wildman–Crippen MR) is 98.7 cm³/mol. The fourth-order valence-electron chi connectivity index (χ4n) is 2.94. The Labute approximate surface area is 150 Å². The van der Waals surface area contributed by atoms with E-state index in [0.717, 1.165) is 44.2 Å². The van der Waals surface area contributed by atoms with E-state index in [1.807, 2.05) is 36.1 Å². The SMILES string of the molecule is COc1cc(C)cc(OC)c1N1c2ncccc2Sc2cccnc21. The van der Waals surface area contributed by atoms with Gasteiger partial charge in [-0.3, -0.25) is 4.90 Å². The molecule has 4 rings (SSSR count). The number of benzene rings is 1. The minimum absolute atomic E-state index is 0.719. The first kappa shape index (κ1) is 15.8. The van der Waals surface area contributed by atoms with Gasteiger partial charge in [0.25, 0.3) is 0 Å². The molecular formula is C19H17N3O2S. The maximum Gasteiger partial charge on any atom is 0.153 e. The fourth-order valence-corrected chi connectivity index (χ4v) is 3.94. The van der Waals surface area contributed by atoms with E-state index >= 15 is 0 Å². The van der Waals surface area contributed by atoms with E-state index in [1.165, 1.54) is 0 Å². The molecule has 6 heteroatoms. The molecule has 126 valence electrons. The van der Waals surface area contributed by atoms with E-state index in [0.29, 0.717) is 0 Å². The van der Waals surface area contributed by atoms with Gasteiger partial charge in [0, 0.05) is 12.4 Å². The van der Waals surface area contributed by atoms with Gasteiger partial charge in [-0.15, -0.1) is 0 Å². The van der Waals surface area contributed by atoms with Gasteiger partial charge in [0.15, 0.2) is 11.6 Å². The van der Waals surface area contributed by atoms with E-state index in [4.69, 9.17) is 9.47 Å². The number of hydrogen-bond acceptors (Lipinski definition) is 6. The zero-order valence-electron chi connectivity index (χ0n) is 14.2. The number of pyridine rings is 2. The van der Waals surface area contributed by atoms with Crippen molar-refractivity contribution in [2.45, 2.75) is 16.7 Å². The van der Waals surface area contributed by atoms with Crippen LogP contribution < -0.4 is 14.4 Å². The lowest BCUT2D eigenvalue weighted by Crippen LogP contribution is -2.19. The molecule has 1 aliphatic heterocycles. The van der Waals surface area contributed by atoms with Crippen molar-refractivity contribution in [1.29, 1.82) is 0 Å². The summed E-state index contributed by atoms with van der Waals surface area (Å²) in [5, 5.41) is 0. The third-order valence-electron chi connectivity index (χ3n) is 3.99. The number of nitrogens with zero attached hydrogens (tertiary/aromatic N) is 3. The van der Waals surface area contributed by atoms with Crippen LogP contribution >= 0.6 is 11.8 Å². The fraction of sp³-hybridized carbons (Fsp3) is 0.158. The number of hydrogen-bond donors (Lipinski definition) is 0. The number of methoxy groups -OCH3 is 2. The van der Waals surface area contributed by atoms with Crippen LogP contribution in [0.3, 0.4) is 0 Å². The van der Waals surface area contributed by atoms with Crippen LogP contribution in [0.25, 0.3) is 0 Å².